The monoisotopic (exact) mass is 570 g/mol. The minimum atomic E-state index is -4.80. The number of carbonyl (C=O) groups excluding carboxylic acids is 1. The first kappa shape index (κ1) is 28.1. The van der Waals surface area contributed by atoms with Crippen LogP contribution in [0.4, 0.5) is 13.2 Å². The van der Waals surface area contributed by atoms with E-state index >= 15 is 0 Å². The SMILES string of the molecule is Cc1cc(OC(F)(F)F)cc2c1c(Cc1c(Cl)ccc(C(=O)N3CCC(CC(=O)O)CC3C)c1Cl)cn2C. The van der Waals surface area contributed by atoms with Gasteiger partial charge in [-0.25, -0.2) is 0 Å². The fourth-order valence-corrected chi connectivity index (χ4v) is 5.99. The van der Waals surface area contributed by atoms with Gasteiger partial charge in [0.25, 0.3) is 5.91 Å². The fraction of sp³-hybridized carbons (Fsp3) is 0.407. The van der Waals surface area contributed by atoms with E-state index in [1.807, 2.05) is 6.92 Å². The molecule has 1 amide bonds. The summed E-state index contributed by atoms with van der Waals surface area (Å²) in [6.45, 7) is 4.02. The van der Waals surface area contributed by atoms with E-state index in [1.165, 1.54) is 12.1 Å². The van der Waals surface area contributed by atoms with Crippen molar-refractivity contribution < 1.29 is 32.6 Å². The summed E-state index contributed by atoms with van der Waals surface area (Å²) in [7, 11) is 1.72. The Hall–Kier alpha value is -2.91. The molecule has 0 aliphatic carbocycles. The number of likely N-dealkylation sites (tertiary alicyclic amines) is 1. The lowest BCUT2D eigenvalue weighted by Gasteiger charge is -2.37. The number of hydrogen-bond acceptors (Lipinski definition) is 3. The van der Waals surface area contributed by atoms with Crippen molar-refractivity contribution >= 4 is 46.0 Å². The molecule has 0 spiro atoms. The molecule has 2 unspecified atom stereocenters. The van der Waals surface area contributed by atoms with E-state index in [1.54, 1.807) is 41.8 Å². The van der Waals surface area contributed by atoms with E-state index in [9.17, 15) is 22.8 Å². The van der Waals surface area contributed by atoms with Crippen LogP contribution in [-0.4, -0.2) is 45.4 Å². The average molecular weight is 571 g/mol. The highest BCUT2D eigenvalue weighted by Gasteiger charge is 2.33. The van der Waals surface area contributed by atoms with Crippen LogP contribution in [0.15, 0.2) is 30.5 Å². The van der Waals surface area contributed by atoms with Crippen molar-refractivity contribution in [3.05, 3.63) is 62.8 Å². The lowest BCUT2D eigenvalue weighted by molar-refractivity contribution is -0.274. The summed E-state index contributed by atoms with van der Waals surface area (Å²) in [5, 5.41) is 10.4. The van der Waals surface area contributed by atoms with Gasteiger partial charge in [-0.2, -0.15) is 0 Å². The lowest BCUT2D eigenvalue weighted by atomic mass is 9.88. The number of carbonyl (C=O) groups is 2. The Morgan fingerprint density at radius 1 is 1.21 bits per heavy atom. The molecule has 1 N–H and O–H groups in total. The first-order valence-electron chi connectivity index (χ1n) is 12.1. The predicted octanol–water partition coefficient (Wildman–Crippen LogP) is 7.00. The molecule has 0 saturated carbocycles. The molecule has 1 fully saturated rings. The molecule has 6 nitrogen and oxygen atoms in total. The van der Waals surface area contributed by atoms with Crippen LogP contribution in [0.1, 0.15) is 53.2 Å². The maximum absolute atomic E-state index is 13.5. The van der Waals surface area contributed by atoms with Crippen molar-refractivity contribution in [3.63, 3.8) is 0 Å². The van der Waals surface area contributed by atoms with Gasteiger partial charge in [0.1, 0.15) is 5.75 Å². The smallest absolute Gasteiger partial charge is 0.481 e. The zero-order valence-corrected chi connectivity index (χ0v) is 22.5. The minimum absolute atomic E-state index is 0.0134. The van der Waals surface area contributed by atoms with E-state index in [-0.39, 0.29) is 41.5 Å². The third-order valence-corrected chi connectivity index (χ3v) is 7.85. The van der Waals surface area contributed by atoms with Gasteiger partial charge in [0.2, 0.25) is 0 Å². The van der Waals surface area contributed by atoms with Crippen molar-refractivity contribution in [2.24, 2.45) is 13.0 Å². The average Bonchev–Trinajstić information content (AvgIpc) is 3.10. The van der Waals surface area contributed by atoms with Crippen LogP contribution in [-0.2, 0) is 18.3 Å². The van der Waals surface area contributed by atoms with Crippen LogP contribution in [0.5, 0.6) is 5.75 Å². The van der Waals surface area contributed by atoms with Gasteiger partial charge in [-0.1, -0.05) is 23.2 Å². The molecule has 1 aliphatic rings. The van der Waals surface area contributed by atoms with E-state index in [0.717, 1.165) is 10.9 Å². The molecule has 204 valence electrons. The summed E-state index contributed by atoms with van der Waals surface area (Å²) in [5.41, 5.74) is 2.77. The molecule has 0 radical (unpaired) electrons. The van der Waals surface area contributed by atoms with E-state index < -0.39 is 12.3 Å². The molecular formula is C27H27Cl2F3N2O4. The summed E-state index contributed by atoms with van der Waals surface area (Å²) >= 11 is 13.3. The molecule has 2 heterocycles. The number of alkyl halides is 3. The highest BCUT2D eigenvalue weighted by molar-refractivity contribution is 6.38. The van der Waals surface area contributed by atoms with Gasteiger partial charge in [0, 0.05) is 55.1 Å². The molecule has 0 bridgehead atoms. The summed E-state index contributed by atoms with van der Waals surface area (Å²) in [4.78, 5) is 26.3. The van der Waals surface area contributed by atoms with Crippen LogP contribution in [0.2, 0.25) is 10.0 Å². The van der Waals surface area contributed by atoms with Gasteiger partial charge >= 0.3 is 12.3 Å². The van der Waals surface area contributed by atoms with Crippen LogP contribution in [0.25, 0.3) is 10.9 Å². The minimum Gasteiger partial charge on any atom is -0.481 e. The third-order valence-electron chi connectivity index (χ3n) is 7.06. The van der Waals surface area contributed by atoms with Gasteiger partial charge in [-0.05, 0) is 67.5 Å². The number of ether oxygens (including phenoxy) is 1. The summed E-state index contributed by atoms with van der Waals surface area (Å²) in [6, 6.07) is 5.72. The first-order chi connectivity index (χ1) is 17.7. The second-order valence-corrected chi connectivity index (χ2v) is 10.6. The van der Waals surface area contributed by atoms with Crippen molar-refractivity contribution in [1.82, 2.24) is 9.47 Å². The Balaban J connectivity index is 1.64. The molecule has 2 aromatic carbocycles. The van der Waals surface area contributed by atoms with Crippen molar-refractivity contribution in [2.45, 2.75) is 51.9 Å². The van der Waals surface area contributed by atoms with Gasteiger partial charge in [0.05, 0.1) is 16.1 Å². The number of fused-ring (bicyclic) bond motifs is 1. The van der Waals surface area contributed by atoms with Crippen LogP contribution in [0.3, 0.4) is 0 Å². The highest BCUT2D eigenvalue weighted by atomic mass is 35.5. The molecule has 1 aromatic heterocycles. The Labute approximate surface area is 227 Å². The zero-order valence-electron chi connectivity index (χ0n) is 21.0. The third kappa shape index (κ3) is 5.89. The van der Waals surface area contributed by atoms with Crippen LogP contribution < -0.4 is 4.74 Å². The number of halogens is 5. The number of amides is 1. The lowest BCUT2D eigenvalue weighted by Crippen LogP contribution is -2.45. The van der Waals surface area contributed by atoms with Crippen molar-refractivity contribution in [1.29, 1.82) is 0 Å². The predicted molar refractivity (Wildman–Crippen MR) is 139 cm³/mol. The van der Waals surface area contributed by atoms with Gasteiger partial charge in [-0.3, -0.25) is 9.59 Å². The summed E-state index contributed by atoms with van der Waals surface area (Å²) in [5.74, 6) is -1.39. The first-order valence-corrected chi connectivity index (χ1v) is 12.8. The number of aryl methyl sites for hydroxylation is 2. The zero-order chi connectivity index (χ0) is 27.9. The van der Waals surface area contributed by atoms with E-state index in [2.05, 4.69) is 4.74 Å². The second kappa shape index (κ2) is 10.7. The number of carboxylic acids is 1. The maximum Gasteiger partial charge on any atom is 0.573 e. The molecule has 4 rings (SSSR count). The largest absolute Gasteiger partial charge is 0.573 e. The normalized spacial score (nSPS) is 18.2. The van der Waals surface area contributed by atoms with Crippen LogP contribution >= 0.6 is 23.2 Å². The number of piperidine rings is 1. The van der Waals surface area contributed by atoms with Gasteiger partial charge in [-0.15, -0.1) is 13.2 Å². The Kier molecular flexibility index (Phi) is 7.91. The topological polar surface area (TPSA) is 71.8 Å². The Bertz CT molecular complexity index is 1400. The molecule has 38 heavy (non-hydrogen) atoms. The molecule has 1 aliphatic heterocycles. The van der Waals surface area contributed by atoms with Gasteiger partial charge in [0.15, 0.2) is 0 Å². The van der Waals surface area contributed by atoms with Gasteiger partial charge < -0.3 is 19.3 Å². The van der Waals surface area contributed by atoms with E-state index in [0.29, 0.717) is 46.6 Å². The molecular weight excluding hydrogens is 544 g/mol. The number of aromatic nitrogens is 1. The second-order valence-electron chi connectivity index (χ2n) is 9.85. The molecule has 2 atom stereocenters. The maximum atomic E-state index is 13.5. The number of benzene rings is 2. The van der Waals surface area contributed by atoms with Crippen LogP contribution in [0, 0.1) is 12.8 Å². The standard InChI is InChI=1S/C27H27Cl2F3N2O4/c1-14-8-18(38-27(30,31)32)12-22-24(14)17(13-33(22)3)11-20-21(28)5-4-19(25(20)29)26(37)34-7-6-16(9-15(34)2)10-23(35)36/h4-5,8,12-13,15-16H,6-7,9-11H2,1-3H3,(H,35,36). The number of carboxylic acid groups (broad SMARTS) is 1. The molecule has 11 heteroatoms. The number of rotatable bonds is 6. The molecule has 3 aromatic rings. The Morgan fingerprint density at radius 2 is 1.92 bits per heavy atom. The number of nitrogens with zero attached hydrogens (tertiary/aromatic N) is 2. The quantitative estimate of drug-likeness (QED) is 0.346. The van der Waals surface area contributed by atoms with Crippen molar-refractivity contribution in [3.8, 4) is 5.75 Å². The summed E-state index contributed by atoms with van der Waals surface area (Å²) < 4.78 is 44.1. The number of aliphatic carboxylic acids is 1. The van der Waals surface area contributed by atoms with E-state index in [4.69, 9.17) is 28.3 Å². The highest BCUT2D eigenvalue weighted by Crippen LogP contribution is 2.37. The summed E-state index contributed by atoms with van der Waals surface area (Å²) in [6.07, 6.45) is -1.49. The van der Waals surface area contributed by atoms with Crippen molar-refractivity contribution in [2.75, 3.05) is 6.54 Å². The Morgan fingerprint density at radius 3 is 2.55 bits per heavy atom. The molecule has 1 saturated heterocycles. The fourth-order valence-electron chi connectivity index (χ4n) is 5.40. The number of hydrogen-bond donors (Lipinski definition) is 1.